The quantitative estimate of drug-likeness (QED) is 0.712. The molecule has 0 spiro atoms. The molecule has 2 aliphatic heterocycles. The van der Waals surface area contributed by atoms with E-state index < -0.39 is 0 Å². The summed E-state index contributed by atoms with van der Waals surface area (Å²) in [6.07, 6.45) is 5.48. The van der Waals surface area contributed by atoms with Crippen LogP contribution in [0.4, 0.5) is 0 Å². The third kappa shape index (κ3) is 2.61. The number of rotatable bonds is 4. The number of piperidine rings is 1. The highest BCUT2D eigenvalue weighted by Gasteiger charge is 2.35. The van der Waals surface area contributed by atoms with E-state index in [1.807, 2.05) is 0 Å². The molecule has 0 aromatic heterocycles. The van der Waals surface area contributed by atoms with Crippen LogP contribution in [0, 0.1) is 0 Å². The highest BCUT2D eigenvalue weighted by Crippen LogP contribution is 2.29. The van der Waals surface area contributed by atoms with Gasteiger partial charge in [-0.05, 0) is 39.2 Å². The van der Waals surface area contributed by atoms with E-state index in [0.29, 0.717) is 0 Å². The van der Waals surface area contributed by atoms with Crippen LogP contribution in [0.25, 0.3) is 0 Å². The molecule has 15 heavy (non-hydrogen) atoms. The standard InChI is InChI=1S/C13H24N2/c1-4-15(9-10(2)3)13-7-11-5-6-12(8-13)14-11/h11-14H,2,4-9H2,1,3H3. The van der Waals surface area contributed by atoms with Gasteiger partial charge in [0.2, 0.25) is 0 Å². The Hall–Kier alpha value is -0.340. The van der Waals surface area contributed by atoms with Crippen molar-refractivity contribution in [2.24, 2.45) is 0 Å². The van der Waals surface area contributed by atoms with Crippen molar-refractivity contribution in [3.63, 3.8) is 0 Å². The van der Waals surface area contributed by atoms with E-state index in [-0.39, 0.29) is 0 Å². The monoisotopic (exact) mass is 208 g/mol. The average molecular weight is 208 g/mol. The number of hydrogen-bond acceptors (Lipinski definition) is 2. The lowest BCUT2D eigenvalue weighted by Gasteiger charge is -2.37. The van der Waals surface area contributed by atoms with Crippen molar-refractivity contribution in [1.82, 2.24) is 10.2 Å². The third-order valence-corrected chi connectivity index (χ3v) is 3.84. The Balaban J connectivity index is 1.93. The fraction of sp³-hybridized carbons (Fsp3) is 0.846. The van der Waals surface area contributed by atoms with Crippen LogP contribution in [-0.2, 0) is 0 Å². The van der Waals surface area contributed by atoms with Gasteiger partial charge in [-0.3, -0.25) is 4.90 Å². The van der Waals surface area contributed by atoms with Gasteiger partial charge in [0.15, 0.2) is 0 Å². The van der Waals surface area contributed by atoms with Crippen LogP contribution in [-0.4, -0.2) is 36.1 Å². The van der Waals surface area contributed by atoms with Crippen LogP contribution in [0.5, 0.6) is 0 Å². The van der Waals surface area contributed by atoms with Gasteiger partial charge in [-0.1, -0.05) is 19.1 Å². The Morgan fingerprint density at radius 2 is 1.93 bits per heavy atom. The molecule has 86 valence electrons. The van der Waals surface area contributed by atoms with Gasteiger partial charge in [-0.2, -0.15) is 0 Å². The maximum atomic E-state index is 4.03. The van der Waals surface area contributed by atoms with Gasteiger partial charge < -0.3 is 5.32 Å². The minimum Gasteiger partial charge on any atom is -0.311 e. The van der Waals surface area contributed by atoms with Crippen molar-refractivity contribution < 1.29 is 0 Å². The van der Waals surface area contributed by atoms with E-state index >= 15 is 0 Å². The van der Waals surface area contributed by atoms with Crippen LogP contribution in [0.1, 0.15) is 39.5 Å². The lowest BCUT2D eigenvalue weighted by Crippen LogP contribution is -2.48. The maximum absolute atomic E-state index is 4.03. The third-order valence-electron chi connectivity index (χ3n) is 3.84. The van der Waals surface area contributed by atoms with Crippen molar-refractivity contribution in [1.29, 1.82) is 0 Å². The molecule has 2 fully saturated rings. The van der Waals surface area contributed by atoms with Gasteiger partial charge in [0.25, 0.3) is 0 Å². The Labute approximate surface area is 93.7 Å². The van der Waals surface area contributed by atoms with Crippen molar-refractivity contribution in [2.75, 3.05) is 13.1 Å². The number of fused-ring (bicyclic) bond motifs is 2. The zero-order valence-corrected chi connectivity index (χ0v) is 10.1. The highest BCUT2D eigenvalue weighted by atomic mass is 15.2. The Kier molecular flexibility index (Phi) is 3.47. The highest BCUT2D eigenvalue weighted by molar-refractivity contribution is 4.99. The van der Waals surface area contributed by atoms with Crippen molar-refractivity contribution in [2.45, 2.75) is 57.7 Å². The van der Waals surface area contributed by atoms with Gasteiger partial charge in [-0.15, -0.1) is 0 Å². The van der Waals surface area contributed by atoms with Gasteiger partial charge >= 0.3 is 0 Å². The molecule has 2 aliphatic rings. The molecule has 0 amide bonds. The lowest BCUT2D eigenvalue weighted by atomic mass is 9.98. The first-order valence-electron chi connectivity index (χ1n) is 6.33. The Bertz CT molecular complexity index is 225. The van der Waals surface area contributed by atoms with Crippen molar-refractivity contribution in [3.05, 3.63) is 12.2 Å². The van der Waals surface area contributed by atoms with E-state index in [0.717, 1.165) is 31.2 Å². The maximum Gasteiger partial charge on any atom is 0.0190 e. The summed E-state index contributed by atoms with van der Waals surface area (Å²) < 4.78 is 0. The second kappa shape index (κ2) is 4.67. The summed E-state index contributed by atoms with van der Waals surface area (Å²) in [6.45, 7) is 10.7. The van der Waals surface area contributed by atoms with E-state index in [4.69, 9.17) is 0 Å². The number of nitrogens with one attached hydrogen (secondary N) is 1. The van der Waals surface area contributed by atoms with Crippen molar-refractivity contribution >= 4 is 0 Å². The molecular weight excluding hydrogens is 184 g/mol. The van der Waals surface area contributed by atoms with E-state index in [2.05, 4.69) is 30.6 Å². The summed E-state index contributed by atoms with van der Waals surface area (Å²) in [6, 6.07) is 2.39. The second-order valence-corrected chi connectivity index (χ2v) is 5.28. The van der Waals surface area contributed by atoms with E-state index in [1.54, 1.807) is 0 Å². The predicted octanol–water partition coefficient (Wildman–Crippen LogP) is 2.17. The van der Waals surface area contributed by atoms with Crippen LogP contribution in [0.3, 0.4) is 0 Å². The molecule has 0 saturated carbocycles. The first-order chi connectivity index (χ1) is 7.19. The topological polar surface area (TPSA) is 15.3 Å². The summed E-state index contributed by atoms with van der Waals surface area (Å²) >= 11 is 0. The summed E-state index contributed by atoms with van der Waals surface area (Å²) in [5.74, 6) is 0. The first kappa shape index (κ1) is 11.2. The van der Waals surface area contributed by atoms with Crippen LogP contribution < -0.4 is 5.32 Å². The van der Waals surface area contributed by atoms with E-state index in [9.17, 15) is 0 Å². The minimum absolute atomic E-state index is 0.797. The summed E-state index contributed by atoms with van der Waals surface area (Å²) in [4.78, 5) is 2.61. The summed E-state index contributed by atoms with van der Waals surface area (Å²) in [5.41, 5.74) is 1.29. The molecule has 1 N–H and O–H groups in total. The molecular formula is C13H24N2. The van der Waals surface area contributed by atoms with Crippen LogP contribution in [0.15, 0.2) is 12.2 Å². The predicted molar refractivity (Wildman–Crippen MR) is 65.0 cm³/mol. The van der Waals surface area contributed by atoms with Crippen molar-refractivity contribution in [3.8, 4) is 0 Å². The molecule has 2 atom stereocenters. The molecule has 2 saturated heterocycles. The largest absolute Gasteiger partial charge is 0.311 e. The number of nitrogens with zero attached hydrogens (tertiary/aromatic N) is 1. The molecule has 2 heteroatoms. The molecule has 0 aliphatic carbocycles. The molecule has 0 aromatic carbocycles. The fourth-order valence-electron chi connectivity index (χ4n) is 3.17. The van der Waals surface area contributed by atoms with Gasteiger partial charge in [0, 0.05) is 24.7 Å². The second-order valence-electron chi connectivity index (χ2n) is 5.28. The summed E-state index contributed by atoms with van der Waals surface area (Å²) in [7, 11) is 0. The number of likely N-dealkylation sites (N-methyl/N-ethyl adjacent to an activating group) is 1. The molecule has 2 heterocycles. The van der Waals surface area contributed by atoms with Crippen LogP contribution in [0.2, 0.25) is 0 Å². The van der Waals surface area contributed by atoms with Gasteiger partial charge in [0.05, 0.1) is 0 Å². The number of hydrogen-bond donors (Lipinski definition) is 1. The Morgan fingerprint density at radius 3 is 2.40 bits per heavy atom. The van der Waals surface area contributed by atoms with Gasteiger partial charge in [-0.25, -0.2) is 0 Å². The Morgan fingerprint density at radius 1 is 1.33 bits per heavy atom. The van der Waals surface area contributed by atoms with Gasteiger partial charge in [0.1, 0.15) is 0 Å². The lowest BCUT2D eigenvalue weighted by molar-refractivity contribution is 0.159. The SMILES string of the molecule is C=C(C)CN(CC)C1CC2CCC(C1)N2. The smallest absolute Gasteiger partial charge is 0.0190 e. The average Bonchev–Trinajstić information content (AvgIpc) is 2.54. The summed E-state index contributed by atoms with van der Waals surface area (Å²) in [5, 5.41) is 3.70. The minimum atomic E-state index is 0.797. The first-order valence-corrected chi connectivity index (χ1v) is 6.33. The van der Waals surface area contributed by atoms with E-state index in [1.165, 1.54) is 31.3 Å². The molecule has 2 rings (SSSR count). The zero-order valence-electron chi connectivity index (χ0n) is 10.1. The fourth-order valence-corrected chi connectivity index (χ4v) is 3.17. The molecule has 2 bridgehead atoms. The molecule has 2 nitrogen and oxygen atoms in total. The molecule has 2 unspecified atom stereocenters. The zero-order chi connectivity index (χ0) is 10.8. The molecule has 0 aromatic rings. The molecule has 0 radical (unpaired) electrons. The normalized spacial score (nSPS) is 34.7. The van der Waals surface area contributed by atoms with Crippen LogP contribution >= 0.6 is 0 Å².